The average molecular weight is 323 g/mol. The number of halogens is 2. The summed E-state index contributed by atoms with van der Waals surface area (Å²) in [5.74, 6) is -2.87. The summed E-state index contributed by atoms with van der Waals surface area (Å²) in [6.07, 6.45) is 1.70. The van der Waals surface area contributed by atoms with Gasteiger partial charge in [0.05, 0.1) is 24.8 Å². The van der Waals surface area contributed by atoms with E-state index in [1.54, 1.807) is 4.90 Å². The highest BCUT2D eigenvalue weighted by molar-refractivity contribution is 5.74. The molecule has 0 saturated carbocycles. The van der Waals surface area contributed by atoms with E-state index in [4.69, 9.17) is 4.74 Å². The second kappa shape index (κ2) is 5.96. The molecular formula is C15H15F2N3O3. The van der Waals surface area contributed by atoms with Crippen LogP contribution in [-0.2, 0) is 24.3 Å². The van der Waals surface area contributed by atoms with Gasteiger partial charge in [-0.15, -0.1) is 0 Å². The van der Waals surface area contributed by atoms with Crippen LogP contribution in [-0.4, -0.2) is 39.1 Å². The molecule has 0 amide bonds. The number of aromatic nitrogens is 2. The number of aromatic amines is 1. The van der Waals surface area contributed by atoms with Gasteiger partial charge in [-0.1, -0.05) is 0 Å². The number of methoxy groups -OCH3 is 1. The van der Waals surface area contributed by atoms with Crippen molar-refractivity contribution in [2.24, 2.45) is 0 Å². The van der Waals surface area contributed by atoms with Crippen LogP contribution >= 0.6 is 0 Å². The van der Waals surface area contributed by atoms with E-state index in [0.717, 1.165) is 11.8 Å². The third-order valence-corrected chi connectivity index (χ3v) is 4.02. The number of benzene rings is 1. The topological polar surface area (TPSA) is 78.5 Å². The van der Waals surface area contributed by atoms with Gasteiger partial charge < -0.3 is 14.8 Å². The van der Waals surface area contributed by atoms with Gasteiger partial charge in [0.25, 0.3) is 0 Å². The van der Waals surface area contributed by atoms with Gasteiger partial charge in [0.15, 0.2) is 11.6 Å². The highest BCUT2D eigenvalue weighted by Crippen LogP contribution is 2.29. The van der Waals surface area contributed by atoms with E-state index in [1.807, 2.05) is 0 Å². The van der Waals surface area contributed by atoms with Crippen molar-refractivity contribution < 1.29 is 23.4 Å². The molecule has 3 rings (SSSR count). The lowest BCUT2D eigenvalue weighted by Crippen LogP contribution is -2.45. The van der Waals surface area contributed by atoms with Crippen LogP contribution in [0.5, 0.6) is 5.75 Å². The van der Waals surface area contributed by atoms with Gasteiger partial charge in [-0.05, 0) is 12.1 Å². The van der Waals surface area contributed by atoms with Crippen molar-refractivity contribution in [1.29, 1.82) is 0 Å². The number of rotatable bonds is 4. The number of ether oxygens (including phenoxy) is 1. The Kier molecular flexibility index (Phi) is 3.99. The number of H-pyrrole nitrogens is 1. The summed E-state index contributed by atoms with van der Waals surface area (Å²) in [5, 5.41) is 9.42. The Hall–Kier alpha value is -2.48. The molecule has 122 valence electrons. The van der Waals surface area contributed by atoms with Crippen molar-refractivity contribution >= 4 is 5.97 Å². The van der Waals surface area contributed by atoms with Gasteiger partial charge in [-0.3, -0.25) is 9.69 Å². The number of hydrogen-bond acceptors (Lipinski definition) is 4. The molecule has 0 fully saturated rings. The van der Waals surface area contributed by atoms with E-state index < -0.39 is 23.6 Å². The van der Waals surface area contributed by atoms with Gasteiger partial charge in [0.2, 0.25) is 0 Å². The van der Waals surface area contributed by atoms with Gasteiger partial charge in [-0.25, -0.2) is 13.8 Å². The molecule has 0 saturated heterocycles. The molecule has 2 aromatic rings. The zero-order valence-electron chi connectivity index (χ0n) is 12.3. The van der Waals surface area contributed by atoms with E-state index in [2.05, 4.69) is 9.97 Å². The fraction of sp³-hybridized carbons (Fsp3) is 0.333. The maximum absolute atomic E-state index is 14.1. The Balaban J connectivity index is 1.95. The normalized spacial score (nSPS) is 17.8. The first-order valence-corrected chi connectivity index (χ1v) is 7.00. The van der Waals surface area contributed by atoms with Crippen molar-refractivity contribution in [3.63, 3.8) is 0 Å². The molecule has 1 atom stereocenters. The molecule has 23 heavy (non-hydrogen) atoms. The Morgan fingerprint density at radius 3 is 3.00 bits per heavy atom. The highest BCUT2D eigenvalue weighted by Gasteiger charge is 2.34. The largest absolute Gasteiger partial charge is 0.496 e. The molecule has 0 aliphatic carbocycles. The monoisotopic (exact) mass is 323 g/mol. The number of aliphatic carboxylic acids is 1. The lowest BCUT2D eigenvalue weighted by atomic mass is 10.0. The molecule has 6 nitrogen and oxygen atoms in total. The minimum Gasteiger partial charge on any atom is -0.496 e. The number of carbonyl (C=O) groups is 1. The van der Waals surface area contributed by atoms with E-state index in [0.29, 0.717) is 5.69 Å². The van der Waals surface area contributed by atoms with Gasteiger partial charge >= 0.3 is 5.97 Å². The molecule has 0 radical (unpaired) electrons. The SMILES string of the molecule is COc1ccc(F)c(F)c1CN1Cc2[nH]cnc2CC1C(=O)O. The lowest BCUT2D eigenvalue weighted by Gasteiger charge is -2.32. The molecule has 1 aliphatic heterocycles. The number of fused-ring (bicyclic) bond motifs is 1. The Labute approximate surface area is 130 Å². The van der Waals surface area contributed by atoms with E-state index in [9.17, 15) is 18.7 Å². The third-order valence-electron chi connectivity index (χ3n) is 4.02. The van der Waals surface area contributed by atoms with Crippen molar-refractivity contribution in [2.45, 2.75) is 25.6 Å². The van der Waals surface area contributed by atoms with E-state index in [-0.39, 0.29) is 30.8 Å². The number of nitrogens with one attached hydrogen (secondary N) is 1. The fourth-order valence-electron chi connectivity index (χ4n) is 2.81. The predicted octanol–water partition coefficient (Wildman–Crippen LogP) is 1.71. The Morgan fingerprint density at radius 2 is 2.30 bits per heavy atom. The first-order chi connectivity index (χ1) is 11.0. The molecule has 0 spiro atoms. The molecule has 1 aromatic heterocycles. The Bertz CT molecular complexity index is 748. The van der Waals surface area contributed by atoms with Crippen LogP contribution < -0.4 is 4.74 Å². The second-order valence-electron chi connectivity index (χ2n) is 5.33. The predicted molar refractivity (Wildman–Crippen MR) is 75.9 cm³/mol. The van der Waals surface area contributed by atoms with Crippen LogP contribution in [0.15, 0.2) is 18.5 Å². The summed E-state index contributed by atoms with van der Waals surface area (Å²) in [4.78, 5) is 20.1. The maximum Gasteiger partial charge on any atom is 0.321 e. The van der Waals surface area contributed by atoms with Crippen LogP contribution in [0.3, 0.4) is 0 Å². The van der Waals surface area contributed by atoms with Crippen LogP contribution in [0.4, 0.5) is 8.78 Å². The zero-order chi connectivity index (χ0) is 16.6. The summed E-state index contributed by atoms with van der Waals surface area (Å²) < 4.78 is 32.7. The molecule has 0 bridgehead atoms. The molecule has 2 N–H and O–H groups in total. The van der Waals surface area contributed by atoms with Gasteiger partial charge in [0.1, 0.15) is 11.8 Å². The van der Waals surface area contributed by atoms with E-state index in [1.165, 1.54) is 19.5 Å². The minimum absolute atomic E-state index is 0.00159. The lowest BCUT2D eigenvalue weighted by molar-refractivity contribution is -0.144. The van der Waals surface area contributed by atoms with Crippen LogP contribution in [0, 0.1) is 11.6 Å². The number of carboxylic acid groups (broad SMARTS) is 1. The standard InChI is InChI=1S/C15H15F2N3O3/c1-23-13-3-2-9(16)14(17)8(13)5-20-6-11-10(18-7-19-11)4-12(20)15(21)22/h2-3,7,12H,4-6H2,1H3,(H,18,19)(H,21,22). The first-order valence-electron chi connectivity index (χ1n) is 7.00. The number of imidazole rings is 1. The van der Waals surface area contributed by atoms with Gasteiger partial charge in [-0.2, -0.15) is 0 Å². The minimum atomic E-state index is -1.03. The van der Waals surface area contributed by atoms with Crippen LogP contribution in [0.25, 0.3) is 0 Å². The third kappa shape index (κ3) is 2.77. The number of nitrogens with zero attached hydrogens (tertiary/aromatic N) is 2. The molecule has 2 heterocycles. The molecule has 1 unspecified atom stereocenters. The Morgan fingerprint density at radius 1 is 1.52 bits per heavy atom. The van der Waals surface area contributed by atoms with E-state index >= 15 is 0 Å². The van der Waals surface area contributed by atoms with Gasteiger partial charge in [0, 0.05) is 25.1 Å². The summed E-state index contributed by atoms with van der Waals surface area (Å²) in [6.45, 7) is 0.174. The summed E-state index contributed by atoms with van der Waals surface area (Å²) >= 11 is 0. The highest BCUT2D eigenvalue weighted by atomic mass is 19.2. The smallest absolute Gasteiger partial charge is 0.321 e. The second-order valence-corrected chi connectivity index (χ2v) is 5.33. The summed E-state index contributed by atoms with van der Waals surface area (Å²) in [5.41, 5.74) is 1.46. The fourth-order valence-corrected chi connectivity index (χ4v) is 2.81. The van der Waals surface area contributed by atoms with Crippen LogP contribution in [0.2, 0.25) is 0 Å². The summed E-state index contributed by atoms with van der Waals surface area (Å²) in [7, 11) is 1.36. The molecule has 1 aromatic carbocycles. The summed E-state index contributed by atoms with van der Waals surface area (Å²) in [6, 6.07) is 1.45. The average Bonchev–Trinajstić information content (AvgIpc) is 2.98. The van der Waals surface area contributed by atoms with Crippen LogP contribution in [0.1, 0.15) is 17.0 Å². The number of hydrogen-bond donors (Lipinski definition) is 2. The van der Waals surface area contributed by atoms with Crippen molar-refractivity contribution in [2.75, 3.05) is 7.11 Å². The number of carboxylic acids is 1. The molecule has 1 aliphatic rings. The van der Waals surface area contributed by atoms with Crippen molar-refractivity contribution in [1.82, 2.24) is 14.9 Å². The maximum atomic E-state index is 14.1. The molecular weight excluding hydrogens is 308 g/mol. The van der Waals surface area contributed by atoms with Crippen molar-refractivity contribution in [3.05, 3.63) is 47.0 Å². The first kappa shape index (κ1) is 15.4. The van der Waals surface area contributed by atoms with Crippen molar-refractivity contribution in [3.8, 4) is 5.75 Å². The zero-order valence-corrected chi connectivity index (χ0v) is 12.3. The molecule has 8 heteroatoms. The quantitative estimate of drug-likeness (QED) is 0.895.